The minimum absolute atomic E-state index is 0.627. The molecule has 1 N–H and O–H groups in total. The number of halogens is 2. The number of anilines is 1. The van der Waals surface area contributed by atoms with E-state index in [1.54, 1.807) is 6.07 Å². The van der Waals surface area contributed by atoms with Crippen molar-refractivity contribution in [2.75, 3.05) is 11.9 Å². The standard InChI is InChI=1S/C17H19Cl2NO/c1-3-8-21-17-9-12(2)4-7-16(17)20-11-13-5-6-14(18)10-15(13)19/h4-7,9-10,20H,3,8,11H2,1-2H3. The number of hydrogen-bond donors (Lipinski definition) is 1. The molecule has 0 radical (unpaired) electrons. The molecule has 0 unspecified atom stereocenters. The molecule has 0 aromatic heterocycles. The monoisotopic (exact) mass is 323 g/mol. The van der Waals surface area contributed by atoms with E-state index >= 15 is 0 Å². The minimum atomic E-state index is 0.627. The zero-order valence-corrected chi connectivity index (χ0v) is 13.8. The van der Waals surface area contributed by atoms with E-state index in [0.29, 0.717) is 23.2 Å². The highest BCUT2D eigenvalue weighted by atomic mass is 35.5. The zero-order valence-electron chi connectivity index (χ0n) is 12.2. The molecule has 0 heterocycles. The van der Waals surface area contributed by atoms with Crippen molar-refractivity contribution in [3.63, 3.8) is 0 Å². The summed E-state index contributed by atoms with van der Waals surface area (Å²) in [6, 6.07) is 11.7. The Bertz CT molecular complexity index is 614. The maximum Gasteiger partial charge on any atom is 0.142 e. The van der Waals surface area contributed by atoms with Crippen molar-refractivity contribution >= 4 is 28.9 Å². The van der Waals surface area contributed by atoms with Gasteiger partial charge in [0.15, 0.2) is 0 Å². The molecule has 2 rings (SSSR count). The third kappa shape index (κ3) is 4.55. The van der Waals surface area contributed by atoms with Gasteiger partial charge in [-0.3, -0.25) is 0 Å². The smallest absolute Gasteiger partial charge is 0.142 e. The molecule has 2 aromatic rings. The lowest BCUT2D eigenvalue weighted by molar-refractivity contribution is 0.318. The molecule has 0 bridgehead atoms. The van der Waals surface area contributed by atoms with Gasteiger partial charge in [0.05, 0.1) is 12.3 Å². The van der Waals surface area contributed by atoms with Gasteiger partial charge in [-0.25, -0.2) is 0 Å². The molecule has 0 aliphatic rings. The third-order valence-electron chi connectivity index (χ3n) is 3.08. The third-order valence-corrected chi connectivity index (χ3v) is 3.67. The van der Waals surface area contributed by atoms with Gasteiger partial charge < -0.3 is 10.1 Å². The first-order valence-electron chi connectivity index (χ1n) is 7.01. The van der Waals surface area contributed by atoms with E-state index in [1.165, 1.54) is 5.56 Å². The van der Waals surface area contributed by atoms with Crippen LogP contribution in [0.25, 0.3) is 0 Å². The van der Waals surface area contributed by atoms with Crippen LogP contribution < -0.4 is 10.1 Å². The first-order chi connectivity index (χ1) is 10.1. The van der Waals surface area contributed by atoms with E-state index < -0.39 is 0 Å². The summed E-state index contributed by atoms with van der Waals surface area (Å²) in [5.41, 5.74) is 3.15. The maximum atomic E-state index is 6.19. The van der Waals surface area contributed by atoms with Gasteiger partial charge in [-0.15, -0.1) is 0 Å². The molecule has 0 aliphatic carbocycles. The molecule has 0 spiro atoms. The minimum Gasteiger partial charge on any atom is -0.491 e. The molecule has 2 aromatic carbocycles. The Hall–Kier alpha value is -1.38. The molecule has 0 saturated heterocycles. The second-order valence-electron chi connectivity index (χ2n) is 4.94. The summed E-state index contributed by atoms with van der Waals surface area (Å²) >= 11 is 12.1. The maximum absolute atomic E-state index is 6.19. The predicted octanol–water partition coefficient (Wildman–Crippen LogP) is 5.70. The molecule has 2 nitrogen and oxygen atoms in total. The number of nitrogens with one attached hydrogen (secondary N) is 1. The van der Waals surface area contributed by atoms with Crippen LogP contribution in [-0.2, 0) is 6.54 Å². The van der Waals surface area contributed by atoms with Gasteiger partial charge in [0, 0.05) is 16.6 Å². The van der Waals surface area contributed by atoms with E-state index in [4.69, 9.17) is 27.9 Å². The van der Waals surface area contributed by atoms with Crippen LogP contribution in [0.4, 0.5) is 5.69 Å². The predicted molar refractivity (Wildman–Crippen MR) is 90.8 cm³/mol. The molecule has 0 fully saturated rings. The Morgan fingerprint density at radius 3 is 2.62 bits per heavy atom. The second-order valence-corrected chi connectivity index (χ2v) is 5.78. The van der Waals surface area contributed by atoms with E-state index in [0.717, 1.165) is 23.4 Å². The fourth-order valence-corrected chi connectivity index (χ4v) is 2.44. The van der Waals surface area contributed by atoms with Crippen molar-refractivity contribution in [1.29, 1.82) is 0 Å². The molecule has 0 saturated carbocycles. The van der Waals surface area contributed by atoms with Gasteiger partial charge in [-0.05, 0) is 48.7 Å². The molecule has 0 amide bonds. The highest BCUT2D eigenvalue weighted by Gasteiger charge is 2.06. The van der Waals surface area contributed by atoms with Crippen molar-refractivity contribution in [2.24, 2.45) is 0 Å². The van der Waals surface area contributed by atoms with Crippen molar-refractivity contribution in [3.05, 3.63) is 57.6 Å². The molecular formula is C17H19Cl2NO. The van der Waals surface area contributed by atoms with Gasteiger partial charge in [0.1, 0.15) is 5.75 Å². The van der Waals surface area contributed by atoms with Gasteiger partial charge in [-0.1, -0.05) is 42.3 Å². The topological polar surface area (TPSA) is 21.3 Å². The van der Waals surface area contributed by atoms with Gasteiger partial charge in [0.25, 0.3) is 0 Å². The van der Waals surface area contributed by atoms with Crippen LogP contribution in [0.2, 0.25) is 10.0 Å². The van der Waals surface area contributed by atoms with Crippen LogP contribution in [0, 0.1) is 6.92 Å². The normalized spacial score (nSPS) is 10.5. The van der Waals surface area contributed by atoms with Crippen LogP contribution in [0.15, 0.2) is 36.4 Å². The summed E-state index contributed by atoms with van der Waals surface area (Å²) in [7, 11) is 0. The Labute approximate surface area is 136 Å². The molecule has 21 heavy (non-hydrogen) atoms. The molecule has 0 atom stereocenters. The average Bonchev–Trinajstić information content (AvgIpc) is 2.45. The van der Waals surface area contributed by atoms with Gasteiger partial charge >= 0.3 is 0 Å². The summed E-state index contributed by atoms with van der Waals surface area (Å²) in [4.78, 5) is 0. The van der Waals surface area contributed by atoms with Crippen LogP contribution in [0.5, 0.6) is 5.75 Å². The SMILES string of the molecule is CCCOc1cc(C)ccc1NCc1ccc(Cl)cc1Cl. The Morgan fingerprint density at radius 1 is 1.10 bits per heavy atom. The Kier molecular flexibility index (Phi) is 5.77. The summed E-state index contributed by atoms with van der Waals surface area (Å²) in [5, 5.41) is 4.68. The molecule has 0 aliphatic heterocycles. The van der Waals surface area contributed by atoms with Crippen LogP contribution >= 0.6 is 23.2 Å². The summed E-state index contributed by atoms with van der Waals surface area (Å²) in [5.74, 6) is 0.877. The lowest BCUT2D eigenvalue weighted by Crippen LogP contribution is -2.04. The summed E-state index contributed by atoms with van der Waals surface area (Å²) < 4.78 is 5.79. The van der Waals surface area contributed by atoms with Crippen molar-refractivity contribution in [1.82, 2.24) is 0 Å². The fraction of sp³-hybridized carbons (Fsp3) is 0.294. The Morgan fingerprint density at radius 2 is 1.90 bits per heavy atom. The largest absolute Gasteiger partial charge is 0.491 e. The van der Waals surface area contributed by atoms with Crippen LogP contribution in [0.1, 0.15) is 24.5 Å². The van der Waals surface area contributed by atoms with Crippen LogP contribution in [-0.4, -0.2) is 6.61 Å². The number of ether oxygens (including phenoxy) is 1. The van der Waals surface area contributed by atoms with Crippen molar-refractivity contribution in [2.45, 2.75) is 26.8 Å². The van der Waals surface area contributed by atoms with E-state index in [1.807, 2.05) is 24.3 Å². The molecule has 112 valence electrons. The van der Waals surface area contributed by atoms with Crippen molar-refractivity contribution < 1.29 is 4.74 Å². The number of hydrogen-bond acceptors (Lipinski definition) is 2. The second kappa shape index (κ2) is 7.58. The number of rotatable bonds is 6. The Balaban J connectivity index is 2.11. The fourth-order valence-electron chi connectivity index (χ4n) is 1.96. The van der Waals surface area contributed by atoms with E-state index in [9.17, 15) is 0 Å². The highest BCUT2D eigenvalue weighted by Crippen LogP contribution is 2.28. The van der Waals surface area contributed by atoms with E-state index in [-0.39, 0.29) is 0 Å². The molecular weight excluding hydrogens is 305 g/mol. The lowest BCUT2D eigenvalue weighted by Gasteiger charge is -2.14. The number of aryl methyl sites for hydroxylation is 1. The van der Waals surface area contributed by atoms with Crippen LogP contribution in [0.3, 0.4) is 0 Å². The molecule has 4 heteroatoms. The van der Waals surface area contributed by atoms with Crippen molar-refractivity contribution in [3.8, 4) is 5.75 Å². The zero-order chi connectivity index (χ0) is 15.2. The summed E-state index contributed by atoms with van der Waals surface area (Å²) in [6.07, 6.45) is 0.983. The lowest BCUT2D eigenvalue weighted by atomic mass is 10.2. The van der Waals surface area contributed by atoms with Gasteiger partial charge in [0.2, 0.25) is 0 Å². The quantitative estimate of drug-likeness (QED) is 0.735. The van der Waals surface area contributed by atoms with E-state index in [2.05, 4.69) is 25.2 Å². The number of benzene rings is 2. The highest BCUT2D eigenvalue weighted by molar-refractivity contribution is 6.35. The van der Waals surface area contributed by atoms with Gasteiger partial charge in [-0.2, -0.15) is 0 Å². The first kappa shape index (κ1) is 16.0. The average molecular weight is 324 g/mol. The first-order valence-corrected chi connectivity index (χ1v) is 7.77. The summed E-state index contributed by atoms with van der Waals surface area (Å²) in [6.45, 7) is 5.48.